The summed E-state index contributed by atoms with van der Waals surface area (Å²) in [5.41, 5.74) is 0.968. The number of phenolic OH excluding ortho intramolecular Hbond substituents is 1. The van der Waals surface area contributed by atoms with E-state index in [2.05, 4.69) is 6.92 Å². The van der Waals surface area contributed by atoms with Crippen LogP contribution in [-0.2, 0) is 16.0 Å². The Balaban J connectivity index is 1.40. The smallest absolute Gasteiger partial charge is 0.410 e. The third kappa shape index (κ3) is 5.87. The van der Waals surface area contributed by atoms with E-state index in [0.29, 0.717) is 44.5 Å². The number of rotatable bonds is 6. The van der Waals surface area contributed by atoms with Crippen LogP contribution in [0.15, 0.2) is 18.2 Å². The molecule has 1 amide bonds. The molecule has 0 spiro atoms. The predicted molar refractivity (Wildman–Crippen MR) is 110 cm³/mol. The molecule has 1 N–H and O–H groups in total. The Morgan fingerprint density at radius 3 is 2.45 bits per heavy atom. The van der Waals surface area contributed by atoms with Gasteiger partial charge in [-0.25, -0.2) is 4.79 Å². The highest BCUT2D eigenvalue weighted by molar-refractivity contribution is 5.81. The zero-order valence-electron chi connectivity index (χ0n) is 17.6. The number of methoxy groups -OCH3 is 1. The van der Waals surface area contributed by atoms with Crippen molar-refractivity contribution in [1.29, 1.82) is 0 Å². The molecule has 1 aliphatic carbocycles. The summed E-state index contributed by atoms with van der Waals surface area (Å²) >= 11 is 0. The number of piperidine rings is 1. The largest absolute Gasteiger partial charge is 0.504 e. The lowest BCUT2D eigenvalue weighted by Gasteiger charge is -2.33. The second-order valence-electron chi connectivity index (χ2n) is 8.50. The van der Waals surface area contributed by atoms with Crippen molar-refractivity contribution in [3.63, 3.8) is 0 Å². The molecular weight excluding hydrogens is 370 g/mol. The Morgan fingerprint density at radius 1 is 1.10 bits per heavy atom. The van der Waals surface area contributed by atoms with E-state index in [-0.39, 0.29) is 29.6 Å². The summed E-state index contributed by atoms with van der Waals surface area (Å²) in [4.78, 5) is 26.8. The lowest BCUT2D eigenvalue weighted by atomic mass is 9.89. The molecule has 0 aromatic heterocycles. The summed E-state index contributed by atoms with van der Waals surface area (Å²) in [5.74, 6) is 1.51. The number of ketones is 1. The molecule has 2 fully saturated rings. The second-order valence-corrected chi connectivity index (χ2v) is 8.50. The molecule has 0 bridgehead atoms. The average molecular weight is 404 g/mol. The van der Waals surface area contributed by atoms with Crippen molar-refractivity contribution in [2.45, 2.75) is 64.4 Å². The Bertz CT molecular complexity index is 703. The van der Waals surface area contributed by atoms with Crippen LogP contribution in [0.25, 0.3) is 0 Å². The highest BCUT2D eigenvalue weighted by Gasteiger charge is 2.29. The van der Waals surface area contributed by atoms with Crippen molar-refractivity contribution in [2.24, 2.45) is 11.8 Å². The van der Waals surface area contributed by atoms with Crippen LogP contribution in [0, 0.1) is 11.8 Å². The predicted octanol–water partition coefficient (Wildman–Crippen LogP) is 4.33. The molecule has 1 saturated heterocycles. The first-order valence-corrected chi connectivity index (χ1v) is 10.8. The van der Waals surface area contributed by atoms with Gasteiger partial charge in [-0.2, -0.15) is 0 Å². The summed E-state index contributed by atoms with van der Waals surface area (Å²) in [5, 5.41) is 9.67. The Labute approximate surface area is 173 Å². The molecule has 1 heterocycles. The fraction of sp³-hybridized carbons (Fsp3) is 0.652. The first-order chi connectivity index (χ1) is 14.0. The van der Waals surface area contributed by atoms with Crippen LogP contribution >= 0.6 is 0 Å². The molecule has 1 saturated carbocycles. The maximum Gasteiger partial charge on any atom is 0.410 e. The number of nitrogens with zero attached hydrogens (tertiary/aromatic N) is 1. The third-order valence-corrected chi connectivity index (χ3v) is 6.34. The van der Waals surface area contributed by atoms with E-state index in [1.54, 1.807) is 17.0 Å². The van der Waals surface area contributed by atoms with E-state index in [9.17, 15) is 14.7 Å². The fourth-order valence-electron chi connectivity index (χ4n) is 4.30. The van der Waals surface area contributed by atoms with Gasteiger partial charge in [-0.1, -0.05) is 13.0 Å². The Morgan fingerprint density at radius 2 is 1.79 bits per heavy atom. The maximum absolute atomic E-state index is 12.6. The number of carbonyl (C=O) groups excluding carboxylic acids is 2. The first-order valence-electron chi connectivity index (χ1n) is 10.8. The number of Topliss-reactive ketones (excluding diaryl/α,β-unsaturated/α-hetero) is 1. The van der Waals surface area contributed by atoms with Crippen LogP contribution in [-0.4, -0.2) is 48.2 Å². The summed E-state index contributed by atoms with van der Waals surface area (Å²) in [7, 11) is 1.51. The van der Waals surface area contributed by atoms with Gasteiger partial charge in [-0.3, -0.25) is 4.79 Å². The van der Waals surface area contributed by atoms with Crippen LogP contribution in [0.4, 0.5) is 4.79 Å². The van der Waals surface area contributed by atoms with Crippen molar-refractivity contribution in [1.82, 2.24) is 4.90 Å². The van der Waals surface area contributed by atoms with Crippen LogP contribution in [0.1, 0.15) is 57.4 Å². The molecule has 0 radical (unpaired) electrons. The monoisotopic (exact) mass is 403 g/mol. The molecule has 1 aliphatic heterocycles. The van der Waals surface area contributed by atoms with Gasteiger partial charge in [0.05, 0.1) is 7.11 Å². The van der Waals surface area contributed by atoms with Gasteiger partial charge < -0.3 is 19.5 Å². The average Bonchev–Trinajstić information content (AvgIpc) is 2.74. The van der Waals surface area contributed by atoms with E-state index >= 15 is 0 Å². The molecule has 1 aromatic carbocycles. The van der Waals surface area contributed by atoms with Gasteiger partial charge in [-0.15, -0.1) is 0 Å². The lowest BCUT2D eigenvalue weighted by Crippen LogP contribution is -2.42. The number of ether oxygens (including phenoxy) is 2. The minimum absolute atomic E-state index is 0.00795. The van der Waals surface area contributed by atoms with Gasteiger partial charge in [-0.05, 0) is 68.6 Å². The number of hydrogen-bond donors (Lipinski definition) is 1. The van der Waals surface area contributed by atoms with Crippen molar-refractivity contribution in [2.75, 3.05) is 20.2 Å². The molecule has 1 aromatic rings. The summed E-state index contributed by atoms with van der Waals surface area (Å²) in [6, 6.07) is 5.18. The molecule has 29 heavy (non-hydrogen) atoms. The van der Waals surface area contributed by atoms with Crippen molar-refractivity contribution < 1.29 is 24.2 Å². The molecule has 0 unspecified atom stereocenters. The van der Waals surface area contributed by atoms with Gasteiger partial charge in [0.15, 0.2) is 11.5 Å². The minimum atomic E-state index is -0.216. The van der Waals surface area contributed by atoms with E-state index in [0.717, 1.165) is 37.2 Å². The van der Waals surface area contributed by atoms with Crippen molar-refractivity contribution >= 4 is 11.9 Å². The number of carbonyl (C=O) groups is 2. The van der Waals surface area contributed by atoms with E-state index in [1.165, 1.54) is 7.11 Å². The molecule has 3 rings (SSSR count). The summed E-state index contributed by atoms with van der Waals surface area (Å²) in [6.45, 7) is 3.43. The van der Waals surface area contributed by atoms with Crippen LogP contribution in [0.2, 0.25) is 0 Å². The molecule has 6 heteroatoms. The summed E-state index contributed by atoms with van der Waals surface area (Å²) < 4.78 is 10.8. The lowest BCUT2D eigenvalue weighted by molar-refractivity contribution is -0.124. The van der Waals surface area contributed by atoms with Gasteiger partial charge in [0.25, 0.3) is 0 Å². The molecule has 0 atom stereocenters. The van der Waals surface area contributed by atoms with E-state index in [1.807, 2.05) is 6.07 Å². The topological polar surface area (TPSA) is 76.1 Å². The molecular formula is C23H33NO5. The highest BCUT2D eigenvalue weighted by Crippen LogP contribution is 2.28. The number of aromatic hydroxyl groups is 1. The normalized spacial score (nSPS) is 22.9. The Hall–Kier alpha value is -2.24. The summed E-state index contributed by atoms with van der Waals surface area (Å²) in [6.07, 6.45) is 6.51. The fourth-order valence-corrected chi connectivity index (χ4v) is 4.30. The van der Waals surface area contributed by atoms with Crippen molar-refractivity contribution in [3.8, 4) is 11.5 Å². The molecule has 2 aliphatic rings. The van der Waals surface area contributed by atoms with E-state index < -0.39 is 0 Å². The van der Waals surface area contributed by atoms with Crippen LogP contribution in [0.5, 0.6) is 11.5 Å². The number of benzene rings is 1. The second kappa shape index (κ2) is 9.99. The van der Waals surface area contributed by atoms with Gasteiger partial charge in [0, 0.05) is 25.4 Å². The number of aryl methyl sites for hydroxylation is 1. The van der Waals surface area contributed by atoms with Crippen LogP contribution in [0.3, 0.4) is 0 Å². The standard InChI is InChI=1S/C23H33NO5/c1-16-3-7-19(8-4-16)29-23(27)24-13-11-18(12-14-24)20(25)9-5-17-6-10-21(26)22(15-17)28-2/h6,10,15-16,18-19,26H,3-5,7-9,11-14H2,1-2H3. The maximum atomic E-state index is 12.6. The number of hydrogen-bond acceptors (Lipinski definition) is 5. The molecule has 6 nitrogen and oxygen atoms in total. The first kappa shape index (κ1) is 21.5. The number of phenols is 1. The van der Waals surface area contributed by atoms with Gasteiger partial charge in [0.1, 0.15) is 11.9 Å². The zero-order valence-corrected chi connectivity index (χ0v) is 17.6. The van der Waals surface area contributed by atoms with Crippen LogP contribution < -0.4 is 4.74 Å². The third-order valence-electron chi connectivity index (χ3n) is 6.34. The quantitative estimate of drug-likeness (QED) is 0.765. The van der Waals surface area contributed by atoms with Crippen molar-refractivity contribution in [3.05, 3.63) is 23.8 Å². The minimum Gasteiger partial charge on any atom is -0.504 e. The highest BCUT2D eigenvalue weighted by atomic mass is 16.6. The zero-order chi connectivity index (χ0) is 20.8. The Kier molecular flexibility index (Phi) is 7.40. The van der Waals surface area contributed by atoms with Gasteiger partial charge >= 0.3 is 6.09 Å². The number of amides is 1. The van der Waals surface area contributed by atoms with Gasteiger partial charge in [0.2, 0.25) is 0 Å². The molecule has 160 valence electrons. The van der Waals surface area contributed by atoms with E-state index in [4.69, 9.17) is 9.47 Å². The number of likely N-dealkylation sites (tertiary alicyclic amines) is 1. The SMILES string of the molecule is COc1cc(CCC(=O)C2CCN(C(=O)OC3CCC(C)CC3)CC2)ccc1O.